The molecule has 3 aromatic carbocycles. The Morgan fingerprint density at radius 1 is 0.818 bits per heavy atom. The van der Waals surface area contributed by atoms with Crippen molar-refractivity contribution in [3.05, 3.63) is 89.0 Å². The van der Waals surface area contributed by atoms with Crippen molar-refractivity contribution in [1.82, 2.24) is 14.7 Å². The monoisotopic (exact) mass is 622 g/mol. The number of amides is 2. The molecule has 3 aromatic rings. The van der Waals surface area contributed by atoms with E-state index in [4.69, 9.17) is 9.47 Å². The van der Waals surface area contributed by atoms with Gasteiger partial charge in [0.2, 0.25) is 0 Å². The molecule has 2 saturated heterocycles. The quantitative estimate of drug-likeness (QED) is 0.297. The summed E-state index contributed by atoms with van der Waals surface area (Å²) in [5, 5.41) is 2.20. The maximum absolute atomic E-state index is 13.1. The molecule has 0 saturated carbocycles. The summed E-state index contributed by atoms with van der Waals surface area (Å²) in [6.07, 6.45) is -9.98. The highest BCUT2D eigenvalue weighted by molar-refractivity contribution is 5.90. The molecule has 0 bridgehead atoms. The van der Waals surface area contributed by atoms with Crippen LogP contribution in [0.4, 0.5) is 36.8 Å². The van der Waals surface area contributed by atoms with Crippen molar-refractivity contribution in [2.45, 2.75) is 31.5 Å². The number of alkyl halides is 6. The lowest BCUT2D eigenvalue weighted by atomic mass is 10.1. The molecule has 0 aromatic heterocycles. The summed E-state index contributed by atoms with van der Waals surface area (Å²) in [4.78, 5) is 18.5. The SMILES string of the molecule is COc1cc(CN2CCN(C3CN(C(=O)Nc4cc(C(F)(F)F)cc(C(F)(F)F)c4)C3)CC2)ccc1OCc1ccccc1. The van der Waals surface area contributed by atoms with Crippen LogP contribution in [0.5, 0.6) is 11.5 Å². The van der Waals surface area contributed by atoms with E-state index in [1.165, 1.54) is 4.90 Å². The molecule has 2 heterocycles. The zero-order valence-corrected chi connectivity index (χ0v) is 23.9. The molecule has 13 heteroatoms. The van der Waals surface area contributed by atoms with Crippen LogP contribution < -0.4 is 14.8 Å². The van der Waals surface area contributed by atoms with Gasteiger partial charge in [-0.2, -0.15) is 26.3 Å². The predicted octanol–water partition coefficient (Wildman–Crippen LogP) is 6.35. The van der Waals surface area contributed by atoms with Gasteiger partial charge in [-0.15, -0.1) is 0 Å². The molecule has 0 aliphatic carbocycles. The molecule has 44 heavy (non-hydrogen) atoms. The smallest absolute Gasteiger partial charge is 0.416 e. The van der Waals surface area contributed by atoms with E-state index < -0.39 is 35.2 Å². The standard InChI is InChI=1S/C31H32F6N4O3/c1-43-28-13-22(7-8-27(28)44-20-21-5-3-2-4-6-21)17-39-9-11-40(12-10-39)26-18-41(19-26)29(42)38-25-15-23(30(32,33)34)14-24(16-25)31(35,36)37/h2-8,13-16,26H,9-12,17-20H2,1H3,(H,38,42). The lowest BCUT2D eigenvalue weighted by Crippen LogP contribution is -2.64. The Balaban J connectivity index is 1.09. The number of ether oxygens (including phenoxy) is 2. The molecule has 236 valence electrons. The van der Waals surface area contributed by atoms with Crippen LogP contribution in [0.2, 0.25) is 0 Å². The first-order chi connectivity index (χ1) is 20.9. The molecule has 0 unspecified atom stereocenters. The number of nitrogens with zero attached hydrogens (tertiary/aromatic N) is 3. The highest BCUT2D eigenvalue weighted by Crippen LogP contribution is 2.38. The average Bonchev–Trinajstić information content (AvgIpc) is 2.96. The summed E-state index contributed by atoms with van der Waals surface area (Å²) in [6.45, 7) is 4.93. The first-order valence-corrected chi connectivity index (χ1v) is 14.0. The van der Waals surface area contributed by atoms with Crippen LogP contribution in [0.3, 0.4) is 0 Å². The second kappa shape index (κ2) is 12.9. The maximum atomic E-state index is 13.1. The van der Waals surface area contributed by atoms with E-state index >= 15 is 0 Å². The largest absolute Gasteiger partial charge is 0.493 e. The molecule has 2 fully saturated rings. The zero-order valence-electron chi connectivity index (χ0n) is 23.9. The van der Waals surface area contributed by atoms with E-state index in [1.54, 1.807) is 7.11 Å². The summed E-state index contributed by atoms with van der Waals surface area (Å²) >= 11 is 0. The van der Waals surface area contributed by atoms with Gasteiger partial charge >= 0.3 is 18.4 Å². The molecular formula is C31H32F6N4O3. The van der Waals surface area contributed by atoms with Crippen LogP contribution in [0.1, 0.15) is 22.3 Å². The highest BCUT2D eigenvalue weighted by atomic mass is 19.4. The lowest BCUT2D eigenvalue weighted by molar-refractivity contribution is -0.143. The first-order valence-electron chi connectivity index (χ1n) is 14.0. The molecule has 0 radical (unpaired) electrons. The third-order valence-electron chi connectivity index (χ3n) is 7.78. The Morgan fingerprint density at radius 2 is 1.45 bits per heavy atom. The van der Waals surface area contributed by atoms with Crippen LogP contribution in [-0.2, 0) is 25.5 Å². The van der Waals surface area contributed by atoms with Crippen molar-refractivity contribution < 1.29 is 40.6 Å². The number of hydrogen-bond acceptors (Lipinski definition) is 5. The zero-order chi connectivity index (χ0) is 31.5. The molecule has 0 atom stereocenters. The molecule has 2 aliphatic heterocycles. The Morgan fingerprint density at radius 3 is 2.05 bits per heavy atom. The summed E-state index contributed by atoms with van der Waals surface area (Å²) in [6, 6.07) is 16.1. The highest BCUT2D eigenvalue weighted by Gasteiger charge is 2.39. The Kier molecular flexibility index (Phi) is 9.26. The van der Waals surface area contributed by atoms with E-state index in [0.717, 1.165) is 43.9 Å². The van der Waals surface area contributed by atoms with E-state index in [1.807, 2.05) is 48.5 Å². The molecule has 7 nitrogen and oxygen atoms in total. The van der Waals surface area contributed by atoms with Gasteiger partial charge in [-0.25, -0.2) is 4.79 Å². The first kappa shape index (κ1) is 31.5. The van der Waals surface area contributed by atoms with Gasteiger partial charge in [-0.05, 0) is 41.5 Å². The van der Waals surface area contributed by atoms with Crippen molar-refractivity contribution in [2.24, 2.45) is 0 Å². The summed E-state index contributed by atoms with van der Waals surface area (Å²) < 4.78 is 90.3. The second-order valence-electron chi connectivity index (χ2n) is 10.9. The molecule has 2 amide bonds. The Bertz CT molecular complexity index is 1400. The molecule has 5 rings (SSSR count). The summed E-state index contributed by atoms with van der Waals surface area (Å²) in [5.74, 6) is 1.32. The number of carbonyl (C=O) groups is 1. The van der Waals surface area contributed by atoms with Crippen LogP contribution >= 0.6 is 0 Å². The number of rotatable bonds is 8. The van der Waals surface area contributed by atoms with Crippen molar-refractivity contribution in [2.75, 3.05) is 51.7 Å². The summed E-state index contributed by atoms with van der Waals surface area (Å²) in [5.41, 5.74) is -1.37. The van der Waals surface area contributed by atoms with Gasteiger partial charge in [0.1, 0.15) is 6.61 Å². The normalized spacial score (nSPS) is 16.8. The average molecular weight is 623 g/mol. The number of hydrogen-bond donors (Lipinski definition) is 1. The number of carbonyl (C=O) groups excluding carboxylic acids is 1. The fourth-order valence-electron chi connectivity index (χ4n) is 5.29. The number of methoxy groups -OCH3 is 1. The van der Waals surface area contributed by atoms with Crippen molar-refractivity contribution in [1.29, 1.82) is 0 Å². The van der Waals surface area contributed by atoms with Crippen molar-refractivity contribution >= 4 is 11.7 Å². The lowest BCUT2D eigenvalue weighted by Gasteiger charge is -2.48. The van der Waals surface area contributed by atoms with E-state index in [2.05, 4.69) is 15.1 Å². The van der Waals surface area contributed by atoms with E-state index in [9.17, 15) is 31.1 Å². The number of halogens is 6. The number of benzene rings is 3. The number of likely N-dealkylation sites (tertiary alicyclic amines) is 1. The van der Waals surface area contributed by atoms with Gasteiger partial charge in [0, 0.05) is 57.5 Å². The minimum absolute atomic E-state index is 0.0299. The number of piperazine rings is 1. The predicted molar refractivity (Wildman–Crippen MR) is 151 cm³/mol. The number of anilines is 1. The maximum Gasteiger partial charge on any atom is 0.416 e. The molecule has 2 aliphatic rings. The number of urea groups is 1. The van der Waals surface area contributed by atoms with Crippen LogP contribution in [0, 0.1) is 0 Å². The van der Waals surface area contributed by atoms with Gasteiger partial charge in [-0.3, -0.25) is 9.80 Å². The molecular weight excluding hydrogens is 590 g/mol. The Hall–Kier alpha value is -3.97. The topological polar surface area (TPSA) is 57.3 Å². The van der Waals surface area contributed by atoms with E-state index in [0.29, 0.717) is 43.3 Å². The third-order valence-corrected chi connectivity index (χ3v) is 7.78. The third kappa shape index (κ3) is 7.75. The van der Waals surface area contributed by atoms with Crippen molar-refractivity contribution in [3.63, 3.8) is 0 Å². The van der Waals surface area contributed by atoms with Crippen LogP contribution in [-0.4, -0.2) is 73.2 Å². The van der Waals surface area contributed by atoms with Gasteiger partial charge in [-0.1, -0.05) is 36.4 Å². The Labute approximate surface area is 250 Å². The number of nitrogens with one attached hydrogen (secondary N) is 1. The van der Waals surface area contributed by atoms with Gasteiger partial charge in [0.15, 0.2) is 11.5 Å². The fourth-order valence-corrected chi connectivity index (χ4v) is 5.29. The minimum Gasteiger partial charge on any atom is -0.493 e. The van der Waals surface area contributed by atoms with Gasteiger partial charge < -0.3 is 19.7 Å². The van der Waals surface area contributed by atoms with E-state index in [-0.39, 0.29) is 12.1 Å². The van der Waals surface area contributed by atoms with Crippen LogP contribution in [0.25, 0.3) is 0 Å². The second-order valence-corrected chi connectivity index (χ2v) is 10.9. The minimum atomic E-state index is -4.99. The summed E-state index contributed by atoms with van der Waals surface area (Å²) in [7, 11) is 1.61. The van der Waals surface area contributed by atoms with Gasteiger partial charge in [0.05, 0.1) is 18.2 Å². The molecule has 1 N–H and O–H groups in total. The molecule has 0 spiro atoms. The van der Waals surface area contributed by atoms with Crippen molar-refractivity contribution in [3.8, 4) is 11.5 Å². The van der Waals surface area contributed by atoms with Gasteiger partial charge in [0.25, 0.3) is 0 Å². The van der Waals surface area contributed by atoms with Crippen LogP contribution in [0.15, 0.2) is 66.7 Å². The fraction of sp³-hybridized carbons (Fsp3) is 0.387.